The maximum atomic E-state index is 12.9. The molecular formula is C27H28N4O7. The van der Waals surface area contributed by atoms with Crippen molar-refractivity contribution in [2.24, 2.45) is 0 Å². The number of nitrogens with one attached hydrogen (secondary N) is 1. The molecule has 0 aliphatic heterocycles. The van der Waals surface area contributed by atoms with Gasteiger partial charge in [-0.05, 0) is 62.7 Å². The number of nitrogens with zero attached hydrogens (tertiary/aromatic N) is 3. The van der Waals surface area contributed by atoms with Crippen LogP contribution in [0.25, 0.3) is 0 Å². The summed E-state index contributed by atoms with van der Waals surface area (Å²) < 4.78 is 23.8. The van der Waals surface area contributed by atoms with Gasteiger partial charge in [0.2, 0.25) is 0 Å². The van der Waals surface area contributed by atoms with E-state index in [1.54, 1.807) is 44.0 Å². The molecule has 1 N–H and O–H groups in total. The van der Waals surface area contributed by atoms with E-state index >= 15 is 0 Å². The number of benzene rings is 2. The van der Waals surface area contributed by atoms with Crippen molar-refractivity contribution in [3.05, 3.63) is 92.7 Å². The summed E-state index contributed by atoms with van der Waals surface area (Å²) in [5.41, 5.74) is 3.53. The molecule has 1 amide bonds. The minimum Gasteiger partial charge on any atom is -0.493 e. The Bertz CT molecular complexity index is 1490. The first-order valence-electron chi connectivity index (χ1n) is 11.7. The van der Waals surface area contributed by atoms with Gasteiger partial charge in [-0.1, -0.05) is 6.07 Å². The van der Waals surface area contributed by atoms with Crippen molar-refractivity contribution in [2.45, 2.75) is 33.9 Å². The predicted octanol–water partition coefficient (Wildman–Crippen LogP) is 5.21. The molecule has 0 aliphatic rings. The van der Waals surface area contributed by atoms with E-state index in [1.807, 2.05) is 32.0 Å². The largest absolute Gasteiger partial charge is 0.493 e. The van der Waals surface area contributed by atoms with Crippen LogP contribution in [0.1, 0.15) is 38.8 Å². The molecule has 0 bridgehead atoms. The van der Waals surface area contributed by atoms with Crippen LogP contribution < -0.4 is 19.5 Å². The van der Waals surface area contributed by atoms with Gasteiger partial charge < -0.3 is 23.9 Å². The van der Waals surface area contributed by atoms with Crippen LogP contribution in [0.15, 0.2) is 52.9 Å². The average molecular weight is 521 g/mol. The molecule has 2 aromatic heterocycles. The summed E-state index contributed by atoms with van der Waals surface area (Å²) in [6.45, 7) is 5.88. The number of anilines is 1. The van der Waals surface area contributed by atoms with Gasteiger partial charge in [-0.15, -0.1) is 0 Å². The Balaban J connectivity index is 1.41. The summed E-state index contributed by atoms with van der Waals surface area (Å²) in [6.07, 6.45) is 0. The molecule has 4 aromatic rings. The summed E-state index contributed by atoms with van der Waals surface area (Å²) in [7, 11) is 3.17. The third kappa shape index (κ3) is 5.61. The van der Waals surface area contributed by atoms with Crippen LogP contribution in [0.2, 0.25) is 0 Å². The lowest BCUT2D eigenvalue weighted by molar-refractivity contribution is -0.385. The normalized spacial score (nSPS) is 10.8. The SMILES string of the molecule is COc1ccc(Cn2nc(C)c(NC(=O)c3ccc(COc4ccc([N+](=O)[O-])c(C)c4)o3)c2C)cc1OC. The highest BCUT2D eigenvalue weighted by Crippen LogP contribution is 2.29. The zero-order valence-corrected chi connectivity index (χ0v) is 21.7. The highest BCUT2D eigenvalue weighted by molar-refractivity contribution is 6.02. The number of aromatic nitrogens is 2. The highest BCUT2D eigenvalue weighted by Gasteiger charge is 2.19. The van der Waals surface area contributed by atoms with E-state index in [2.05, 4.69) is 10.4 Å². The number of nitro benzene ring substituents is 1. The van der Waals surface area contributed by atoms with E-state index in [1.165, 1.54) is 12.1 Å². The second-order valence-corrected chi connectivity index (χ2v) is 8.61. The highest BCUT2D eigenvalue weighted by atomic mass is 16.6. The molecule has 0 aliphatic carbocycles. The Morgan fingerprint density at radius 3 is 2.50 bits per heavy atom. The smallest absolute Gasteiger partial charge is 0.291 e. The number of hydrogen-bond donors (Lipinski definition) is 1. The van der Waals surface area contributed by atoms with Crippen LogP contribution >= 0.6 is 0 Å². The van der Waals surface area contributed by atoms with Crippen molar-refractivity contribution in [3.63, 3.8) is 0 Å². The molecule has 0 radical (unpaired) electrons. The van der Waals surface area contributed by atoms with Gasteiger partial charge in [0.15, 0.2) is 17.3 Å². The van der Waals surface area contributed by atoms with Crippen LogP contribution in [0.3, 0.4) is 0 Å². The minimum atomic E-state index is -0.445. The van der Waals surface area contributed by atoms with Crippen molar-refractivity contribution < 1.29 is 28.3 Å². The first-order chi connectivity index (χ1) is 18.2. The van der Waals surface area contributed by atoms with Crippen molar-refractivity contribution in [3.8, 4) is 17.2 Å². The van der Waals surface area contributed by atoms with Gasteiger partial charge in [0.05, 0.1) is 42.8 Å². The lowest BCUT2D eigenvalue weighted by atomic mass is 10.2. The third-order valence-corrected chi connectivity index (χ3v) is 6.03. The number of aryl methyl sites for hydroxylation is 2. The van der Waals surface area contributed by atoms with Gasteiger partial charge in [0, 0.05) is 11.6 Å². The number of hydrogen-bond acceptors (Lipinski definition) is 8. The van der Waals surface area contributed by atoms with Crippen molar-refractivity contribution in [2.75, 3.05) is 19.5 Å². The summed E-state index contributed by atoms with van der Waals surface area (Å²) >= 11 is 0. The van der Waals surface area contributed by atoms with E-state index in [9.17, 15) is 14.9 Å². The van der Waals surface area contributed by atoms with E-state index < -0.39 is 10.8 Å². The molecule has 38 heavy (non-hydrogen) atoms. The number of methoxy groups -OCH3 is 2. The molecule has 2 heterocycles. The molecule has 198 valence electrons. The Labute approximate surface area is 219 Å². The standard InChI is InChI=1S/C27H28N4O7/c1-16-12-20(7-9-22(16)31(33)34)37-15-21-8-11-24(38-21)27(32)28-26-17(2)29-30(18(26)3)14-19-6-10-23(35-4)25(13-19)36-5/h6-13H,14-15H2,1-5H3,(H,28,32). The van der Waals surface area contributed by atoms with Gasteiger partial charge in [-0.25, -0.2) is 0 Å². The Morgan fingerprint density at radius 1 is 1.05 bits per heavy atom. The Morgan fingerprint density at radius 2 is 1.82 bits per heavy atom. The van der Waals surface area contributed by atoms with E-state index in [0.29, 0.717) is 46.5 Å². The molecule has 0 fully saturated rings. The van der Waals surface area contributed by atoms with Gasteiger partial charge in [0.1, 0.15) is 18.1 Å². The second kappa shape index (κ2) is 11.1. The first-order valence-corrected chi connectivity index (χ1v) is 11.7. The molecule has 11 heteroatoms. The van der Waals surface area contributed by atoms with Gasteiger partial charge >= 0.3 is 0 Å². The monoisotopic (exact) mass is 520 g/mol. The van der Waals surface area contributed by atoms with Crippen LogP contribution in [0.4, 0.5) is 11.4 Å². The van der Waals surface area contributed by atoms with Crippen LogP contribution in [0.5, 0.6) is 17.2 Å². The topological polar surface area (TPSA) is 131 Å². The summed E-state index contributed by atoms with van der Waals surface area (Å²) in [4.78, 5) is 23.4. The van der Waals surface area contributed by atoms with Crippen molar-refractivity contribution >= 4 is 17.3 Å². The Kier molecular flexibility index (Phi) is 7.66. The molecule has 0 unspecified atom stereocenters. The van der Waals surface area contributed by atoms with Gasteiger partial charge in [-0.3, -0.25) is 19.6 Å². The van der Waals surface area contributed by atoms with Crippen LogP contribution in [0, 0.1) is 30.9 Å². The second-order valence-electron chi connectivity index (χ2n) is 8.61. The number of nitro groups is 1. The lowest BCUT2D eigenvalue weighted by Gasteiger charge is -2.11. The molecule has 0 saturated heterocycles. The number of carbonyl (C=O) groups excluding carboxylic acids is 1. The quantitative estimate of drug-likeness (QED) is 0.223. The maximum absolute atomic E-state index is 12.9. The van der Waals surface area contributed by atoms with Crippen LogP contribution in [-0.4, -0.2) is 34.8 Å². The maximum Gasteiger partial charge on any atom is 0.291 e. The zero-order valence-electron chi connectivity index (χ0n) is 21.7. The molecule has 0 atom stereocenters. The number of furan rings is 1. The molecule has 0 saturated carbocycles. The fraction of sp³-hybridized carbons (Fsp3) is 0.259. The Hall–Kier alpha value is -4.80. The van der Waals surface area contributed by atoms with E-state index in [-0.39, 0.29) is 18.1 Å². The molecule has 2 aromatic carbocycles. The van der Waals surface area contributed by atoms with Crippen molar-refractivity contribution in [1.29, 1.82) is 0 Å². The minimum absolute atomic E-state index is 0.0203. The number of rotatable bonds is 10. The summed E-state index contributed by atoms with van der Waals surface area (Å²) in [5, 5.41) is 18.4. The third-order valence-electron chi connectivity index (χ3n) is 6.03. The molecule has 0 spiro atoms. The fourth-order valence-corrected chi connectivity index (χ4v) is 4.01. The van der Waals surface area contributed by atoms with E-state index in [0.717, 1.165) is 11.3 Å². The van der Waals surface area contributed by atoms with Gasteiger partial charge in [-0.2, -0.15) is 5.10 Å². The zero-order chi connectivity index (χ0) is 27.4. The average Bonchev–Trinajstić information content (AvgIpc) is 3.47. The van der Waals surface area contributed by atoms with Crippen molar-refractivity contribution in [1.82, 2.24) is 9.78 Å². The number of carbonyl (C=O) groups is 1. The number of ether oxygens (including phenoxy) is 3. The lowest BCUT2D eigenvalue weighted by Crippen LogP contribution is -2.12. The summed E-state index contributed by atoms with van der Waals surface area (Å²) in [5.74, 6) is 1.87. The predicted molar refractivity (Wildman–Crippen MR) is 139 cm³/mol. The fourth-order valence-electron chi connectivity index (χ4n) is 4.01. The number of amides is 1. The van der Waals surface area contributed by atoms with Crippen LogP contribution in [-0.2, 0) is 13.2 Å². The van der Waals surface area contributed by atoms with E-state index in [4.69, 9.17) is 18.6 Å². The van der Waals surface area contributed by atoms with Gasteiger partial charge in [0.25, 0.3) is 11.6 Å². The molecule has 11 nitrogen and oxygen atoms in total. The molecular weight excluding hydrogens is 492 g/mol. The first kappa shape index (κ1) is 26.3. The summed E-state index contributed by atoms with van der Waals surface area (Å²) in [6, 6.07) is 13.4. The molecule has 4 rings (SSSR count).